The maximum Gasteiger partial charge on any atom is 0.264 e. The van der Waals surface area contributed by atoms with Gasteiger partial charge in [-0.2, -0.15) is 8.42 Å². The Morgan fingerprint density at radius 2 is 1.79 bits per heavy atom. The summed E-state index contributed by atoms with van der Waals surface area (Å²) in [5.74, 6) is 0.398. The average molecular weight is 222 g/mol. The zero-order valence-electron chi connectivity index (χ0n) is 9.45. The highest BCUT2D eigenvalue weighted by Gasteiger charge is 2.11. The molecule has 4 heteroatoms. The molecule has 0 fully saturated rings. The third-order valence-corrected chi connectivity index (χ3v) is 2.74. The van der Waals surface area contributed by atoms with Gasteiger partial charge >= 0.3 is 0 Å². The summed E-state index contributed by atoms with van der Waals surface area (Å²) < 4.78 is 26.4. The van der Waals surface area contributed by atoms with E-state index in [2.05, 4.69) is 13.8 Å². The summed E-state index contributed by atoms with van der Waals surface area (Å²) in [6, 6.07) is 0. The van der Waals surface area contributed by atoms with E-state index in [1.807, 2.05) is 0 Å². The van der Waals surface area contributed by atoms with E-state index in [0.717, 1.165) is 38.4 Å². The zero-order chi connectivity index (χ0) is 11.0. The van der Waals surface area contributed by atoms with Crippen LogP contribution in [0.5, 0.6) is 0 Å². The molecule has 0 N–H and O–H groups in total. The summed E-state index contributed by atoms with van der Waals surface area (Å²) >= 11 is 0. The van der Waals surface area contributed by atoms with Crippen molar-refractivity contribution in [3.05, 3.63) is 0 Å². The van der Waals surface area contributed by atoms with Gasteiger partial charge in [0.15, 0.2) is 0 Å². The molecule has 86 valence electrons. The summed E-state index contributed by atoms with van der Waals surface area (Å²) in [7, 11) is -3.26. The van der Waals surface area contributed by atoms with Gasteiger partial charge in [-0.25, -0.2) is 0 Å². The second kappa shape index (κ2) is 7.23. The van der Waals surface area contributed by atoms with E-state index in [1.165, 1.54) is 0 Å². The van der Waals surface area contributed by atoms with Crippen LogP contribution in [0.25, 0.3) is 0 Å². The lowest BCUT2D eigenvalue weighted by Gasteiger charge is -2.14. The molecular formula is C10H22O3S. The van der Waals surface area contributed by atoms with Crippen LogP contribution < -0.4 is 0 Å². The summed E-state index contributed by atoms with van der Waals surface area (Å²) in [5, 5.41) is 0. The lowest BCUT2D eigenvalue weighted by atomic mass is 9.98. The molecule has 0 amide bonds. The van der Waals surface area contributed by atoms with Crippen LogP contribution in [0.1, 0.15) is 46.0 Å². The van der Waals surface area contributed by atoms with Crippen molar-refractivity contribution >= 4 is 10.1 Å². The maximum absolute atomic E-state index is 10.8. The maximum atomic E-state index is 10.8. The molecule has 0 aliphatic heterocycles. The minimum Gasteiger partial charge on any atom is -0.270 e. The molecule has 0 saturated heterocycles. The minimum absolute atomic E-state index is 0.354. The molecule has 0 aromatic heterocycles. The Morgan fingerprint density at radius 1 is 1.14 bits per heavy atom. The van der Waals surface area contributed by atoms with Crippen molar-refractivity contribution in [2.45, 2.75) is 46.0 Å². The highest BCUT2D eigenvalue weighted by Crippen LogP contribution is 2.15. The highest BCUT2D eigenvalue weighted by atomic mass is 32.2. The highest BCUT2D eigenvalue weighted by molar-refractivity contribution is 7.85. The van der Waals surface area contributed by atoms with E-state index in [1.54, 1.807) is 0 Å². The number of rotatable bonds is 8. The van der Waals surface area contributed by atoms with Crippen LogP contribution in [0.4, 0.5) is 0 Å². The molecule has 0 spiro atoms. The number of hydrogen-bond acceptors (Lipinski definition) is 3. The molecule has 0 bridgehead atoms. The fraction of sp³-hybridized carbons (Fsp3) is 1.00. The Kier molecular flexibility index (Phi) is 7.19. The molecule has 0 aliphatic carbocycles. The molecule has 0 heterocycles. The predicted octanol–water partition coefficient (Wildman–Crippen LogP) is 2.57. The minimum atomic E-state index is -3.26. The molecular weight excluding hydrogens is 200 g/mol. The molecule has 0 unspecified atom stereocenters. The molecule has 0 aliphatic rings. The van der Waals surface area contributed by atoms with Crippen molar-refractivity contribution in [2.75, 3.05) is 12.9 Å². The first-order chi connectivity index (χ1) is 6.49. The topological polar surface area (TPSA) is 43.4 Å². The standard InChI is InChI=1S/C10H22O3S/c1-4-6-8-10(7-5-2)9-13-14(3,11)12/h10H,4-9H2,1-3H3/t10-/m0/s1. The summed E-state index contributed by atoms with van der Waals surface area (Å²) in [6.07, 6.45) is 6.61. The molecule has 0 aromatic carbocycles. The van der Waals surface area contributed by atoms with Crippen LogP contribution in [0.3, 0.4) is 0 Å². The van der Waals surface area contributed by atoms with Gasteiger partial charge in [-0.05, 0) is 18.8 Å². The smallest absolute Gasteiger partial charge is 0.264 e. The Bertz CT molecular complexity index is 222. The van der Waals surface area contributed by atoms with Crippen LogP contribution in [0.15, 0.2) is 0 Å². The van der Waals surface area contributed by atoms with Crippen molar-refractivity contribution in [1.82, 2.24) is 0 Å². The van der Waals surface area contributed by atoms with E-state index in [-0.39, 0.29) is 0 Å². The second-order valence-electron chi connectivity index (χ2n) is 3.79. The van der Waals surface area contributed by atoms with Gasteiger partial charge in [0.25, 0.3) is 10.1 Å². The SMILES string of the molecule is CCCC[C@H](CCC)COS(C)(=O)=O. The number of hydrogen-bond donors (Lipinski definition) is 0. The fourth-order valence-corrected chi connectivity index (χ4v) is 1.87. The Morgan fingerprint density at radius 3 is 2.21 bits per heavy atom. The van der Waals surface area contributed by atoms with Crippen LogP contribution in [-0.2, 0) is 14.3 Å². The van der Waals surface area contributed by atoms with Crippen molar-refractivity contribution in [3.8, 4) is 0 Å². The van der Waals surface area contributed by atoms with E-state index in [9.17, 15) is 8.42 Å². The molecule has 1 atom stereocenters. The average Bonchev–Trinajstić information content (AvgIpc) is 2.08. The van der Waals surface area contributed by atoms with Gasteiger partial charge in [0.2, 0.25) is 0 Å². The molecule has 0 saturated carbocycles. The first-order valence-electron chi connectivity index (χ1n) is 5.34. The van der Waals surface area contributed by atoms with E-state index >= 15 is 0 Å². The summed E-state index contributed by atoms with van der Waals surface area (Å²) in [4.78, 5) is 0. The van der Waals surface area contributed by atoms with Gasteiger partial charge in [0, 0.05) is 0 Å². The summed E-state index contributed by atoms with van der Waals surface area (Å²) in [5.41, 5.74) is 0. The molecule has 14 heavy (non-hydrogen) atoms. The summed E-state index contributed by atoms with van der Waals surface area (Å²) in [6.45, 7) is 4.60. The molecule has 3 nitrogen and oxygen atoms in total. The van der Waals surface area contributed by atoms with Crippen molar-refractivity contribution < 1.29 is 12.6 Å². The van der Waals surface area contributed by atoms with Gasteiger partial charge in [-0.3, -0.25) is 4.18 Å². The number of unbranched alkanes of at least 4 members (excludes halogenated alkanes) is 1. The Labute approximate surface area is 88.0 Å². The quantitative estimate of drug-likeness (QED) is 0.593. The molecule has 0 radical (unpaired) electrons. The lowest BCUT2D eigenvalue weighted by molar-refractivity contribution is 0.235. The van der Waals surface area contributed by atoms with E-state index in [4.69, 9.17) is 4.18 Å². The van der Waals surface area contributed by atoms with Gasteiger partial charge in [0.1, 0.15) is 0 Å². The van der Waals surface area contributed by atoms with Crippen molar-refractivity contribution in [1.29, 1.82) is 0 Å². The predicted molar refractivity (Wildman–Crippen MR) is 58.7 cm³/mol. The normalized spacial score (nSPS) is 14.2. The lowest BCUT2D eigenvalue weighted by Crippen LogP contribution is -2.13. The van der Waals surface area contributed by atoms with E-state index < -0.39 is 10.1 Å². The van der Waals surface area contributed by atoms with Crippen LogP contribution in [0, 0.1) is 5.92 Å². The zero-order valence-corrected chi connectivity index (χ0v) is 10.3. The second-order valence-corrected chi connectivity index (χ2v) is 5.43. The van der Waals surface area contributed by atoms with Gasteiger partial charge in [0.05, 0.1) is 12.9 Å². The van der Waals surface area contributed by atoms with Crippen LogP contribution >= 0.6 is 0 Å². The third-order valence-electron chi connectivity index (χ3n) is 2.18. The van der Waals surface area contributed by atoms with Gasteiger partial charge in [-0.15, -0.1) is 0 Å². The van der Waals surface area contributed by atoms with E-state index in [0.29, 0.717) is 12.5 Å². The van der Waals surface area contributed by atoms with Crippen molar-refractivity contribution in [3.63, 3.8) is 0 Å². The van der Waals surface area contributed by atoms with Gasteiger partial charge < -0.3 is 0 Å². The Hall–Kier alpha value is -0.0900. The van der Waals surface area contributed by atoms with Crippen molar-refractivity contribution in [2.24, 2.45) is 5.92 Å². The third kappa shape index (κ3) is 8.51. The first kappa shape index (κ1) is 13.9. The first-order valence-corrected chi connectivity index (χ1v) is 7.15. The van der Waals surface area contributed by atoms with Crippen LogP contribution in [0.2, 0.25) is 0 Å². The fourth-order valence-electron chi connectivity index (χ4n) is 1.43. The molecule has 0 aromatic rings. The van der Waals surface area contributed by atoms with Crippen LogP contribution in [-0.4, -0.2) is 21.3 Å². The molecule has 0 rings (SSSR count). The largest absolute Gasteiger partial charge is 0.270 e. The monoisotopic (exact) mass is 222 g/mol. The van der Waals surface area contributed by atoms with Gasteiger partial charge in [-0.1, -0.05) is 33.1 Å². The Balaban J connectivity index is 3.84.